The van der Waals surface area contributed by atoms with Crippen molar-refractivity contribution in [1.82, 2.24) is 14.5 Å². The van der Waals surface area contributed by atoms with Crippen molar-refractivity contribution in [2.45, 2.75) is 24.9 Å². The van der Waals surface area contributed by atoms with E-state index in [2.05, 4.69) is 9.82 Å². The zero-order valence-corrected chi connectivity index (χ0v) is 10.7. The maximum absolute atomic E-state index is 11.7. The summed E-state index contributed by atoms with van der Waals surface area (Å²) >= 11 is 0. The summed E-state index contributed by atoms with van der Waals surface area (Å²) in [5.41, 5.74) is 5.28. The molecule has 16 heavy (non-hydrogen) atoms. The molecule has 0 aliphatic rings. The molecule has 94 valence electrons. The second-order valence-electron chi connectivity index (χ2n) is 3.03. The first-order chi connectivity index (χ1) is 7.11. The average Bonchev–Trinajstić information content (AvgIpc) is 2.66. The Bertz CT molecular complexity index is 404. The highest BCUT2D eigenvalue weighted by Gasteiger charge is 2.17. The SMILES string of the molecule is CCn1nccc1S(=O)(=O)NCCCN.Cl. The molecule has 8 heteroatoms. The van der Waals surface area contributed by atoms with Gasteiger partial charge >= 0.3 is 0 Å². The van der Waals surface area contributed by atoms with Crippen LogP contribution in [0.1, 0.15) is 13.3 Å². The average molecular weight is 269 g/mol. The van der Waals surface area contributed by atoms with Crippen LogP contribution in [0.15, 0.2) is 17.3 Å². The minimum atomic E-state index is -3.44. The van der Waals surface area contributed by atoms with Crippen molar-refractivity contribution in [3.63, 3.8) is 0 Å². The Morgan fingerprint density at radius 2 is 2.25 bits per heavy atom. The largest absolute Gasteiger partial charge is 0.330 e. The van der Waals surface area contributed by atoms with Crippen molar-refractivity contribution in [3.8, 4) is 0 Å². The summed E-state index contributed by atoms with van der Waals surface area (Å²) < 4.78 is 27.4. The molecule has 0 amide bonds. The maximum Gasteiger partial charge on any atom is 0.257 e. The van der Waals surface area contributed by atoms with E-state index >= 15 is 0 Å². The fourth-order valence-corrected chi connectivity index (χ4v) is 2.42. The van der Waals surface area contributed by atoms with Gasteiger partial charge in [0.2, 0.25) is 0 Å². The Labute approximate surface area is 102 Å². The normalized spacial score (nSPS) is 11.1. The Kier molecular flexibility index (Phi) is 6.58. The quantitative estimate of drug-likeness (QED) is 0.708. The van der Waals surface area contributed by atoms with Crippen molar-refractivity contribution >= 4 is 22.4 Å². The maximum atomic E-state index is 11.7. The molecule has 3 N–H and O–H groups in total. The number of aromatic nitrogens is 2. The van der Waals surface area contributed by atoms with Gasteiger partial charge in [-0.05, 0) is 26.0 Å². The predicted molar refractivity (Wildman–Crippen MR) is 64.0 cm³/mol. The smallest absolute Gasteiger partial charge is 0.257 e. The van der Waals surface area contributed by atoms with E-state index in [0.29, 0.717) is 26.1 Å². The lowest BCUT2D eigenvalue weighted by Gasteiger charge is -2.07. The third-order valence-electron chi connectivity index (χ3n) is 1.93. The molecule has 0 saturated heterocycles. The second-order valence-corrected chi connectivity index (χ2v) is 4.74. The fraction of sp³-hybridized carbons (Fsp3) is 0.625. The lowest BCUT2D eigenvalue weighted by molar-refractivity contribution is 0.543. The van der Waals surface area contributed by atoms with Crippen molar-refractivity contribution in [2.75, 3.05) is 13.1 Å². The first-order valence-corrected chi connectivity index (χ1v) is 6.31. The molecule has 1 aromatic rings. The number of nitrogens with two attached hydrogens (primary N) is 1. The minimum Gasteiger partial charge on any atom is -0.330 e. The highest BCUT2D eigenvalue weighted by atomic mass is 35.5. The molecule has 0 atom stereocenters. The first-order valence-electron chi connectivity index (χ1n) is 4.83. The number of sulfonamides is 1. The van der Waals surface area contributed by atoms with Crippen LogP contribution in [-0.4, -0.2) is 31.3 Å². The molecule has 0 spiro atoms. The van der Waals surface area contributed by atoms with Crippen molar-refractivity contribution < 1.29 is 8.42 Å². The van der Waals surface area contributed by atoms with Crippen LogP contribution >= 0.6 is 12.4 Å². The molecule has 0 fully saturated rings. The zero-order chi connectivity index (χ0) is 11.3. The van der Waals surface area contributed by atoms with Crippen molar-refractivity contribution in [1.29, 1.82) is 0 Å². The van der Waals surface area contributed by atoms with E-state index in [9.17, 15) is 8.42 Å². The van der Waals surface area contributed by atoms with Crippen LogP contribution in [0.2, 0.25) is 0 Å². The summed E-state index contributed by atoms with van der Waals surface area (Å²) in [6, 6.07) is 1.48. The Morgan fingerprint density at radius 1 is 1.56 bits per heavy atom. The molecule has 0 unspecified atom stereocenters. The second kappa shape index (κ2) is 6.85. The van der Waals surface area contributed by atoms with E-state index in [1.54, 1.807) is 0 Å². The van der Waals surface area contributed by atoms with E-state index in [1.165, 1.54) is 16.9 Å². The van der Waals surface area contributed by atoms with Crippen molar-refractivity contribution in [3.05, 3.63) is 12.3 Å². The molecule has 1 rings (SSSR count). The van der Waals surface area contributed by atoms with Gasteiger partial charge in [-0.15, -0.1) is 12.4 Å². The molecular formula is C8H17ClN4O2S. The highest BCUT2D eigenvalue weighted by molar-refractivity contribution is 7.89. The Balaban J connectivity index is 0.00000225. The van der Waals surface area contributed by atoms with E-state index in [0.717, 1.165) is 0 Å². The number of halogens is 1. The van der Waals surface area contributed by atoms with Crippen LogP contribution < -0.4 is 10.5 Å². The summed E-state index contributed by atoms with van der Waals surface area (Å²) in [6.07, 6.45) is 2.10. The highest BCUT2D eigenvalue weighted by Crippen LogP contribution is 2.07. The Morgan fingerprint density at radius 3 is 2.81 bits per heavy atom. The van der Waals surface area contributed by atoms with E-state index < -0.39 is 10.0 Å². The molecule has 0 radical (unpaired) electrons. The van der Waals surface area contributed by atoms with E-state index in [-0.39, 0.29) is 17.4 Å². The summed E-state index contributed by atoms with van der Waals surface area (Å²) in [7, 11) is -3.44. The third kappa shape index (κ3) is 3.75. The van der Waals surface area contributed by atoms with Crippen LogP contribution in [0.25, 0.3) is 0 Å². The molecule has 0 aliphatic heterocycles. The van der Waals surface area contributed by atoms with Gasteiger partial charge in [-0.2, -0.15) is 5.10 Å². The first kappa shape index (κ1) is 15.4. The summed E-state index contributed by atoms with van der Waals surface area (Å²) in [4.78, 5) is 0. The van der Waals surface area contributed by atoms with Crippen LogP contribution in [0.4, 0.5) is 0 Å². The molecule has 1 aromatic heterocycles. The molecule has 0 bridgehead atoms. The number of hydrogen-bond acceptors (Lipinski definition) is 4. The van der Waals surface area contributed by atoms with Gasteiger partial charge in [0.15, 0.2) is 5.03 Å². The van der Waals surface area contributed by atoms with Gasteiger partial charge in [-0.25, -0.2) is 13.1 Å². The van der Waals surface area contributed by atoms with Gasteiger partial charge in [0.05, 0.1) is 6.20 Å². The molecule has 1 heterocycles. The standard InChI is InChI=1S/C8H16N4O2S.ClH/c1-2-12-8(4-7-10-12)15(13,14)11-6-3-5-9;/h4,7,11H,2-3,5-6,9H2,1H3;1H. The van der Waals surface area contributed by atoms with Gasteiger partial charge in [0.1, 0.15) is 0 Å². The molecule has 0 saturated carbocycles. The van der Waals surface area contributed by atoms with Crippen LogP contribution in [0.3, 0.4) is 0 Å². The number of rotatable bonds is 6. The summed E-state index contributed by atoms with van der Waals surface area (Å²) in [5, 5.41) is 4.10. The van der Waals surface area contributed by atoms with Gasteiger partial charge in [0, 0.05) is 13.1 Å². The number of aryl methyl sites for hydroxylation is 1. The van der Waals surface area contributed by atoms with Gasteiger partial charge in [-0.3, -0.25) is 4.68 Å². The fourth-order valence-electron chi connectivity index (χ4n) is 1.17. The monoisotopic (exact) mass is 268 g/mol. The summed E-state index contributed by atoms with van der Waals surface area (Å²) in [6.45, 7) is 3.19. The van der Waals surface area contributed by atoms with Crippen LogP contribution in [-0.2, 0) is 16.6 Å². The predicted octanol–water partition coefficient (Wildman–Crippen LogP) is -0.0481. The summed E-state index contributed by atoms with van der Waals surface area (Å²) in [5.74, 6) is 0. The minimum absolute atomic E-state index is 0. The molecule has 0 aliphatic carbocycles. The van der Waals surface area contributed by atoms with Gasteiger partial charge in [-0.1, -0.05) is 0 Å². The number of hydrogen-bond donors (Lipinski definition) is 2. The number of nitrogens with one attached hydrogen (secondary N) is 1. The van der Waals surface area contributed by atoms with Crippen molar-refractivity contribution in [2.24, 2.45) is 5.73 Å². The molecular weight excluding hydrogens is 252 g/mol. The van der Waals surface area contributed by atoms with E-state index in [1.807, 2.05) is 6.92 Å². The van der Waals surface area contributed by atoms with Gasteiger partial charge < -0.3 is 5.73 Å². The topological polar surface area (TPSA) is 90.0 Å². The van der Waals surface area contributed by atoms with Gasteiger partial charge in [0.25, 0.3) is 10.0 Å². The zero-order valence-electron chi connectivity index (χ0n) is 9.09. The Hall–Kier alpha value is -0.630. The third-order valence-corrected chi connectivity index (χ3v) is 3.41. The van der Waals surface area contributed by atoms with Crippen LogP contribution in [0.5, 0.6) is 0 Å². The lowest BCUT2D eigenvalue weighted by atomic mass is 10.4. The number of nitrogens with zero attached hydrogens (tertiary/aromatic N) is 2. The lowest BCUT2D eigenvalue weighted by Crippen LogP contribution is -2.28. The molecule has 6 nitrogen and oxygen atoms in total. The van der Waals surface area contributed by atoms with Crippen LogP contribution in [0, 0.1) is 0 Å². The van der Waals surface area contributed by atoms with E-state index in [4.69, 9.17) is 5.73 Å². The molecule has 0 aromatic carbocycles.